The maximum absolute atomic E-state index is 6.01. The first kappa shape index (κ1) is 15.2. The molecular weight excluding hydrogens is 304 g/mol. The lowest BCUT2D eigenvalue weighted by atomic mass is 9.94. The van der Waals surface area contributed by atoms with Gasteiger partial charge >= 0.3 is 0 Å². The molecule has 1 saturated carbocycles. The Morgan fingerprint density at radius 2 is 2.10 bits per heavy atom. The molecule has 0 aliphatic heterocycles. The number of fused-ring (bicyclic) bond motifs is 1. The monoisotopic (exact) mass is 326 g/mol. The van der Waals surface area contributed by atoms with Crippen LogP contribution in [0.15, 0.2) is 0 Å². The summed E-state index contributed by atoms with van der Waals surface area (Å²) >= 11 is 8.00. The van der Waals surface area contributed by atoms with Crippen LogP contribution in [-0.2, 0) is 13.5 Å². The van der Waals surface area contributed by atoms with E-state index < -0.39 is 0 Å². The number of rotatable bonds is 4. The van der Waals surface area contributed by atoms with E-state index in [9.17, 15) is 0 Å². The van der Waals surface area contributed by atoms with E-state index in [2.05, 4.69) is 15.9 Å². The standard InChI is InChI=1S/C15H23ClN4S/c1-10-14-15(19(2)18-10)20(13(17-14)8-9-16)11-6-4-5-7-12(11)21-3/h11-12H,4-9H2,1-3H3. The molecule has 0 saturated heterocycles. The van der Waals surface area contributed by atoms with Crippen LogP contribution in [0.2, 0.25) is 0 Å². The van der Waals surface area contributed by atoms with Gasteiger partial charge in [0.1, 0.15) is 11.3 Å². The molecule has 6 heteroatoms. The minimum atomic E-state index is 0.520. The van der Waals surface area contributed by atoms with E-state index in [1.54, 1.807) is 0 Å². The highest BCUT2D eigenvalue weighted by molar-refractivity contribution is 7.99. The van der Waals surface area contributed by atoms with E-state index in [0.29, 0.717) is 17.2 Å². The lowest BCUT2D eigenvalue weighted by molar-refractivity contribution is 0.361. The maximum Gasteiger partial charge on any atom is 0.158 e. The van der Waals surface area contributed by atoms with Gasteiger partial charge in [0.15, 0.2) is 5.65 Å². The third-order valence-corrected chi connectivity index (χ3v) is 5.87. The van der Waals surface area contributed by atoms with Crippen LogP contribution in [-0.4, -0.2) is 36.7 Å². The molecule has 2 heterocycles. The van der Waals surface area contributed by atoms with Crippen molar-refractivity contribution >= 4 is 34.5 Å². The van der Waals surface area contributed by atoms with Crippen LogP contribution >= 0.6 is 23.4 Å². The molecule has 1 aliphatic rings. The Morgan fingerprint density at radius 1 is 1.33 bits per heavy atom. The number of aromatic nitrogens is 4. The van der Waals surface area contributed by atoms with Gasteiger partial charge in [-0.15, -0.1) is 11.6 Å². The number of hydrogen-bond acceptors (Lipinski definition) is 3. The summed E-state index contributed by atoms with van der Waals surface area (Å²) in [5.74, 6) is 1.74. The Balaban J connectivity index is 2.15. The summed E-state index contributed by atoms with van der Waals surface area (Å²) in [5, 5.41) is 5.22. The van der Waals surface area contributed by atoms with Gasteiger partial charge in [-0.05, 0) is 26.0 Å². The smallest absolute Gasteiger partial charge is 0.158 e. The molecule has 0 N–H and O–H groups in total. The fourth-order valence-corrected chi connectivity index (χ4v) is 4.74. The number of aryl methyl sites for hydroxylation is 3. The molecule has 1 fully saturated rings. The number of nitrogens with zero attached hydrogens (tertiary/aromatic N) is 4. The van der Waals surface area contributed by atoms with Gasteiger partial charge in [0.25, 0.3) is 0 Å². The Bertz CT molecular complexity index is 633. The Hall–Kier alpha value is -0.680. The zero-order valence-corrected chi connectivity index (χ0v) is 14.5. The second-order valence-corrected chi connectivity index (χ2v) is 7.30. The van der Waals surface area contributed by atoms with E-state index in [1.165, 1.54) is 31.3 Å². The highest BCUT2D eigenvalue weighted by Gasteiger charge is 2.30. The van der Waals surface area contributed by atoms with Crippen molar-refractivity contribution in [3.8, 4) is 0 Å². The number of imidazole rings is 1. The van der Waals surface area contributed by atoms with Crippen molar-refractivity contribution in [3.63, 3.8) is 0 Å². The molecular formula is C15H23ClN4S. The number of thioether (sulfide) groups is 1. The van der Waals surface area contributed by atoms with Crippen molar-refractivity contribution in [2.45, 2.75) is 50.3 Å². The van der Waals surface area contributed by atoms with Crippen LogP contribution in [0.5, 0.6) is 0 Å². The van der Waals surface area contributed by atoms with Crippen LogP contribution in [0.4, 0.5) is 0 Å². The highest BCUT2D eigenvalue weighted by atomic mass is 35.5. The zero-order chi connectivity index (χ0) is 15.0. The molecule has 2 aromatic rings. The van der Waals surface area contributed by atoms with Crippen molar-refractivity contribution in [2.24, 2.45) is 7.05 Å². The third-order valence-electron chi connectivity index (χ3n) is 4.53. The van der Waals surface area contributed by atoms with E-state index in [4.69, 9.17) is 16.6 Å². The first-order valence-electron chi connectivity index (χ1n) is 7.66. The van der Waals surface area contributed by atoms with E-state index in [0.717, 1.165) is 23.5 Å². The number of alkyl halides is 1. The third kappa shape index (κ3) is 2.59. The second kappa shape index (κ2) is 6.21. The molecule has 2 aromatic heterocycles. The van der Waals surface area contributed by atoms with E-state index in [-0.39, 0.29) is 0 Å². The lowest BCUT2D eigenvalue weighted by Gasteiger charge is -2.32. The van der Waals surface area contributed by atoms with Crippen LogP contribution < -0.4 is 0 Å². The lowest BCUT2D eigenvalue weighted by Crippen LogP contribution is -2.27. The first-order chi connectivity index (χ1) is 10.2. The van der Waals surface area contributed by atoms with Crippen LogP contribution in [0.25, 0.3) is 11.2 Å². The molecule has 4 nitrogen and oxygen atoms in total. The van der Waals surface area contributed by atoms with Gasteiger partial charge in [0.2, 0.25) is 0 Å². The average molecular weight is 327 g/mol. The molecule has 2 unspecified atom stereocenters. The van der Waals surface area contributed by atoms with Gasteiger partial charge in [0.05, 0.1) is 5.69 Å². The highest BCUT2D eigenvalue weighted by Crippen LogP contribution is 2.38. The number of halogens is 1. The fraction of sp³-hybridized carbons (Fsp3) is 0.733. The predicted octanol–water partition coefficient (Wildman–Crippen LogP) is 3.71. The van der Waals surface area contributed by atoms with Gasteiger partial charge < -0.3 is 4.57 Å². The van der Waals surface area contributed by atoms with Gasteiger partial charge in [-0.2, -0.15) is 16.9 Å². The molecule has 0 bridgehead atoms. The molecule has 0 amide bonds. The largest absolute Gasteiger partial charge is 0.309 e. The zero-order valence-electron chi connectivity index (χ0n) is 13.0. The number of hydrogen-bond donors (Lipinski definition) is 0. The average Bonchev–Trinajstić information content (AvgIpc) is 2.98. The summed E-state index contributed by atoms with van der Waals surface area (Å²) in [5.41, 5.74) is 3.22. The van der Waals surface area contributed by atoms with Crippen molar-refractivity contribution in [2.75, 3.05) is 12.1 Å². The van der Waals surface area contributed by atoms with E-state index >= 15 is 0 Å². The van der Waals surface area contributed by atoms with Crippen molar-refractivity contribution < 1.29 is 0 Å². The van der Waals surface area contributed by atoms with Gasteiger partial charge in [-0.25, -0.2) is 4.98 Å². The predicted molar refractivity (Wildman–Crippen MR) is 90.5 cm³/mol. The minimum absolute atomic E-state index is 0.520. The van der Waals surface area contributed by atoms with Crippen molar-refractivity contribution in [1.29, 1.82) is 0 Å². The summed E-state index contributed by atoms with van der Waals surface area (Å²) in [6.07, 6.45) is 8.23. The van der Waals surface area contributed by atoms with Crippen molar-refractivity contribution in [3.05, 3.63) is 11.5 Å². The molecule has 0 radical (unpaired) electrons. The molecule has 0 aromatic carbocycles. The second-order valence-electron chi connectivity index (χ2n) is 5.84. The van der Waals surface area contributed by atoms with Crippen LogP contribution in [0.3, 0.4) is 0 Å². The molecule has 21 heavy (non-hydrogen) atoms. The van der Waals surface area contributed by atoms with Gasteiger partial charge in [0, 0.05) is 30.6 Å². The SMILES string of the molecule is CSC1CCCCC1n1c(CCCl)nc2c(C)nn(C)c21. The summed E-state index contributed by atoms with van der Waals surface area (Å²) < 4.78 is 4.43. The molecule has 1 aliphatic carbocycles. The minimum Gasteiger partial charge on any atom is -0.309 e. The maximum atomic E-state index is 6.01. The molecule has 3 rings (SSSR count). The topological polar surface area (TPSA) is 35.6 Å². The summed E-state index contributed by atoms with van der Waals surface area (Å²) in [6.45, 7) is 2.04. The first-order valence-corrected chi connectivity index (χ1v) is 9.48. The normalized spacial score (nSPS) is 23.0. The van der Waals surface area contributed by atoms with Crippen LogP contribution in [0.1, 0.15) is 43.2 Å². The molecule has 0 spiro atoms. The molecule has 116 valence electrons. The van der Waals surface area contributed by atoms with Crippen LogP contribution in [0, 0.1) is 6.92 Å². The quantitative estimate of drug-likeness (QED) is 0.804. The summed E-state index contributed by atoms with van der Waals surface area (Å²) in [7, 11) is 2.02. The Labute approximate surface area is 135 Å². The van der Waals surface area contributed by atoms with Gasteiger partial charge in [-0.3, -0.25) is 4.68 Å². The fourth-order valence-electron chi connectivity index (χ4n) is 3.60. The summed E-state index contributed by atoms with van der Waals surface area (Å²) in [6, 6.07) is 0.520. The Kier molecular flexibility index (Phi) is 4.50. The van der Waals surface area contributed by atoms with E-state index in [1.807, 2.05) is 30.4 Å². The molecule has 2 atom stereocenters. The Morgan fingerprint density at radius 3 is 2.81 bits per heavy atom. The van der Waals surface area contributed by atoms with Gasteiger partial charge in [-0.1, -0.05) is 12.8 Å². The van der Waals surface area contributed by atoms with Crippen molar-refractivity contribution in [1.82, 2.24) is 19.3 Å². The summed E-state index contributed by atoms with van der Waals surface area (Å²) in [4.78, 5) is 4.85.